The molecule has 8 heteroatoms. The second-order valence-corrected chi connectivity index (χ2v) is 6.67. The van der Waals surface area contributed by atoms with Gasteiger partial charge in [-0.05, 0) is 17.7 Å². The Bertz CT molecular complexity index is 853. The van der Waals surface area contributed by atoms with Gasteiger partial charge in [0, 0.05) is 24.6 Å². The van der Waals surface area contributed by atoms with Crippen LogP contribution in [0.5, 0.6) is 0 Å². The summed E-state index contributed by atoms with van der Waals surface area (Å²) in [5.41, 5.74) is 1.02. The van der Waals surface area contributed by atoms with E-state index in [0.29, 0.717) is 6.54 Å². The van der Waals surface area contributed by atoms with E-state index in [9.17, 15) is 19.7 Å². The van der Waals surface area contributed by atoms with Gasteiger partial charge in [-0.25, -0.2) is 9.59 Å². The lowest BCUT2D eigenvalue weighted by Gasteiger charge is -2.17. The largest absolute Gasteiger partial charge is 0.457 e. The highest BCUT2D eigenvalue weighted by Crippen LogP contribution is 2.22. The van der Waals surface area contributed by atoms with Crippen molar-refractivity contribution in [2.75, 3.05) is 13.1 Å². The number of non-ortho nitro benzene ring substituents is 1. The second-order valence-electron chi connectivity index (χ2n) is 6.67. The first-order chi connectivity index (χ1) is 13.4. The zero-order valence-electron chi connectivity index (χ0n) is 15.3. The van der Waals surface area contributed by atoms with Crippen LogP contribution in [-0.2, 0) is 16.1 Å². The highest BCUT2D eigenvalue weighted by atomic mass is 16.6. The molecule has 0 spiro atoms. The minimum absolute atomic E-state index is 0.0497. The first-order valence-electron chi connectivity index (χ1n) is 8.85. The Morgan fingerprint density at radius 3 is 2.43 bits per heavy atom. The van der Waals surface area contributed by atoms with Gasteiger partial charge in [0.05, 0.1) is 17.0 Å². The molecular weight excluding hydrogens is 364 g/mol. The molecule has 8 nitrogen and oxygen atoms in total. The third kappa shape index (κ3) is 4.64. The van der Waals surface area contributed by atoms with Gasteiger partial charge in [0.15, 0.2) is 0 Å². The zero-order valence-corrected chi connectivity index (χ0v) is 15.3. The third-order valence-electron chi connectivity index (χ3n) is 4.58. The van der Waals surface area contributed by atoms with Crippen LogP contribution in [-0.4, -0.2) is 41.1 Å². The van der Waals surface area contributed by atoms with Crippen LogP contribution >= 0.6 is 0 Å². The highest BCUT2D eigenvalue weighted by Gasteiger charge is 2.36. The van der Waals surface area contributed by atoms with Crippen molar-refractivity contribution in [3.63, 3.8) is 0 Å². The molecular formula is C20H20N2O6. The molecule has 2 aromatic rings. The molecule has 28 heavy (non-hydrogen) atoms. The topological polar surface area (TPSA) is 99.0 Å². The number of ether oxygens (including phenoxy) is 2. The minimum Gasteiger partial charge on any atom is -0.457 e. The number of carbonyl (C=O) groups is 2. The number of benzene rings is 2. The van der Waals surface area contributed by atoms with Gasteiger partial charge in [-0.1, -0.05) is 37.3 Å². The summed E-state index contributed by atoms with van der Waals surface area (Å²) in [5.74, 6) is -0.627. The van der Waals surface area contributed by atoms with Crippen molar-refractivity contribution in [1.82, 2.24) is 4.90 Å². The lowest BCUT2D eigenvalue weighted by atomic mass is 10.1. The number of nitrogens with zero attached hydrogens (tertiary/aromatic N) is 2. The van der Waals surface area contributed by atoms with E-state index in [-0.39, 0.29) is 30.3 Å². The molecule has 0 unspecified atom stereocenters. The molecule has 0 N–H and O–H groups in total. The quantitative estimate of drug-likeness (QED) is 0.445. The Morgan fingerprint density at radius 2 is 1.79 bits per heavy atom. The van der Waals surface area contributed by atoms with Gasteiger partial charge in [0.2, 0.25) is 0 Å². The van der Waals surface area contributed by atoms with Crippen molar-refractivity contribution in [2.45, 2.75) is 19.6 Å². The van der Waals surface area contributed by atoms with Gasteiger partial charge in [-0.15, -0.1) is 0 Å². The van der Waals surface area contributed by atoms with E-state index in [2.05, 4.69) is 0 Å². The number of hydrogen-bond acceptors (Lipinski definition) is 6. The van der Waals surface area contributed by atoms with E-state index >= 15 is 0 Å². The van der Waals surface area contributed by atoms with Gasteiger partial charge in [-0.3, -0.25) is 10.1 Å². The first kappa shape index (κ1) is 19.3. The van der Waals surface area contributed by atoms with E-state index in [4.69, 9.17) is 9.47 Å². The van der Waals surface area contributed by atoms with Crippen molar-refractivity contribution in [3.8, 4) is 0 Å². The highest BCUT2D eigenvalue weighted by molar-refractivity contribution is 5.89. The summed E-state index contributed by atoms with van der Waals surface area (Å²) < 4.78 is 10.8. The van der Waals surface area contributed by atoms with Gasteiger partial charge < -0.3 is 14.4 Å². The Balaban J connectivity index is 1.53. The second kappa shape index (κ2) is 8.51. The van der Waals surface area contributed by atoms with Gasteiger partial charge in [0.25, 0.3) is 5.69 Å². The first-order valence-corrected chi connectivity index (χ1v) is 8.85. The molecule has 1 saturated heterocycles. The number of nitro groups is 1. The molecule has 2 aromatic carbocycles. The average Bonchev–Trinajstić information content (AvgIpc) is 3.07. The zero-order chi connectivity index (χ0) is 20.1. The Kier molecular flexibility index (Phi) is 5.88. The smallest absolute Gasteiger partial charge is 0.410 e. The maximum atomic E-state index is 12.3. The normalized spacial score (nSPS) is 18.5. The van der Waals surface area contributed by atoms with Crippen LogP contribution in [0, 0.1) is 16.0 Å². The summed E-state index contributed by atoms with van der Waals surface area (Å²) in [5, 5.41) is 10.7. The van der Waals surface area contributed by atoms with Crippen LogP contribution in [0.3, 0.4) is 0 Å². The number of amides is 1. The van der Waals surface area contributed by atoms with Gasteiger partial charge in [0.1, 0.15) is 12.7 Å². The fourth-order valence-corrected chi connectivity index (χ4v) is 2.97. The number of carbonyl (C=O) groups excluding carboxylic acids is 2. The summed E-state index contributed by atoms with van der Waals surface area (Å²) in [6, 6.07) is 14.6. The molecule has 3 rings (SSSR count). The van der Waals surface area contributed by atoms with Crippen LogP contribution in [0.2, 0.25) is 0 Å². The van der Waals surface area contributed by atoms with Crippen LogP contribution in [0.15, 0.2) is 54.6 Å². The molecule has 1 heterocycles. The third-order valence-corrected chi connectivity index (χ3v) is 4.58. The van der Waals surface area contributed by atoms with Gasteiger partial charge in [-0.2, -0.15) is 0 Å². The summed E-state index contributed by atoms with van der Waals surface area (Å²) in [6.07, 6.45) is -0.920. The Morgan fingerprint density at radius 1 is 1.11 bits per heavy atom. The molecule has 0 bridgehead atoms. The number of hydrogen-bond donors (Lipinski definition) is 0. The number of esters is 1. The predicted octanol–water partition coefficient (Wildman–Crippen LogP) is 3.41. The fraction of sp³-hybridized carbons (Fsp3) is 0.300. The van der Waals surface area contributed by atoms with Crippen molar-refractivity contribution < 1.29 is 24.0 Å². The van der Waals surface area contributed by atoms with E-state index in [1.54, 1.807) is 0 Å². The lowest BCUT2D eigenvalue weighted by Crippen LogP contribution is -2.31. The molecule has 0 radical (unpaired) electrons. The fourth-order valence-electron chi connectivity index (χ4n) is 2.97. The average molecular weight is 384 g/mol. The molecule has 2 atom stereocenters. The molecule has 1 amide bonds. The summed E-state index contributed by atoms with van der Waals surface area (Å²) in [4.78, 5) is 36.2. The number of likely N-dealkylation sites (tertiary alicyclic amines) is 1. The number of nitro benzene ring substituents is 1. The summed E-state index contributed by atoms with van der Waals surface area (Å²) >= 11 is 0. The molecule has 1 fully saturated rings. The molecule has 1 aliphatic rings. The van der Waals surface area contributed by atoms with E-state index < -0.39 is 23.1 Å². The molecule has 0 saturated carbocycles. The van der Waals surface area contributed by atoms with E-state index in [1.807, 2.05) is 37.3 Å². The van der Waals surface area contributed by atoms with Crippen LogP contribution in [0.4, 0.5) is 10.5 Å². The molecule has 0 aliphatic carbocycles. The van der Waals surface area contributed by atoms with Crippen molar-refractivity contribution in [1.29, 1.82) is 0 Å². The van der Waals surface area contributed by atoms with Crippen LogP contribution in [0.25, 0.3) is 0 Å². The predicted molar refractivity (Wildman–Crippen MR) is 99.7 cm³/mol. The maximum Gasteiger partial charge on any atom is 0.410 e. The van der Waals surface area contributed by atoms with Crippen LogP contribution in [0.1, 0.15) is 22.8 Å². The molecule has 0 aromatic heterocycles. The summed E-state index contributed by atoms with van der Waals surface area (Å²) in [6.45, 7) is 2.73. The SMILES string of the molecule is C[C@@H]1CN(C(=O)OCc2ccccc2)C[C@@H]1OC(=O)c1ccc([N+](=O)[O-])cc1. The van der Waals surface area contributed by atoms with Gasteiger partial charge >= 0.3 is 12.1 Å². The lowest BCUT2D eigenvalue weighted by molar-refractivity contribution is -0.384. The van der Waals surface area contributed by atoms with Crippen molar-refractivity contribution in [2.24, 2.45) is 5.92 Å². The number of rotatable bonds is 5. The molecule has 146 valence electrons. The van der Waals surface area contributed by atoms with Crippen molar-refractivity contribution in [3.05, 3.63) is 75.8 Å². The Hall–Kier alpha value is -3.42. The van der Waals surface area contributed by atoms with E-state index in [1.165, 1.54) is 29.2 Å². The van der Waals surface area contributed by atoms with Crippen LogP contribution < -0.4 is 0 Å². The van der Waals surface area contributed by atoms with Crippen molar-refractivity contribution >= 4 is 17.7 Å². The Labute approximate surface area is 161 Å². The summed E-state index contributed by atoms with van der Waals surface area (Å²) in [7, 11) is 0. The standard InChI is InChI=1S/C20H20N2O6/c1-14-11-21(20(24)27-13-15-5-3-2-4-6-15)12-18(14)28-19(23)16-7-9-17(10-8-16)22(25)26/h2-10,14,18H,11-13H2,1H3/t14-,18+/m1/s1. The monoisotopic (exact) mass is 384 g/mol. The maximum absolute atomic E-state index is 12.3. The minimum atomic E-state index is -0.578. The molecule has 1 aliphatic heterocycles. The van der Waals surface area contributed by atoms with E-state index in [0.717, 1.165) is 5.56 Å².